The highest BCUT2D eigenvalue weighted by molar-refractivity contribution is 5.94. The summed E-state index contributed by atoms with van der Waals surface area (Å²) in [4.78, 5) is 16.4. The van der Waals surface area contributed by atoms with E-state index in [9.17, 15) is 9.18 Å². The molecule has 1 saturated heterocycles. The molecule has 0 bridgehead atoms. The summed E-state index contributed by atoms with van der Waals surface area (Å²) in [7, 11) is 0. The number of carbonyl (C=O) groups excluding carboxylic acids is 1. The van der Waals surface area contributed by atoms with Crippen molar-refractivity contribution in [2.24, 2.45) is 0 Å². The van der Waals surface area contributed by atoms with E-state index < -0.39 is 12.1 Å². The fraction of sp³-hybridized carbons (Fsp3) is 0.333. The Balaban J connectivity index is 2.08. The molecular weight excluding hydrogens is 187 g/mol. The summed E-state index contributed by atoms with van der Waals surface area (Å²) in [6.45, 7) is 0.687. The second-order valence-electron chi connectivity index (χ2n) is 3.23. The first-order valence-electron chi connectivity index (χ1n) is 4.26. The van der Waals surface area contributed by atoms with Crippen LogP contribution in [0.15, 0.2) is 18.3 Å². The van der Waals surface area contributed by atoms with Crippen molar-refractivity contribution >= 4 is 5.91 Å². The molecule has 0 spiro atoms. The number of nitrogens with zero attached hydrogens (tertiary/aromatic N) is 2. The number of halogens is 1. The molecule has 1 fully saturated rings. The van der Waals surface area contributed by atoms with Crippen LogP contribution < -0.4 is 0 Å². The van der Waals surface area contributed by atoms with Gasteiger partial charge in [-0.05, 0) is 12.1 Å². The normalized spacial score (nSPS) is 16.6. The Bertz CT molecular complexity index is 346. The Morgan fingerprint density at radius 1 is 1.57 bits per heavy atom. The number of carbonyl (C=O) groups is 1. The van der Waals surface area contributed by atoms with Gasteiger partial charge in [-0.25, -0.2) is 4.98 Å². The summed E-state index contributed by atoms with van der Waals surface area (Å²) in [5.74, 6) is -0.826. The van der Waals surface area contributed by atoms with Crippen molar-refractivity contribution in [1.82, 2.24) is 9.88 Å². The van der Waals surface area contributed by atoms with Crippen LogP contribution in [0.4, 0.5) is 4.39 Å². The molecule has 1 aromatic rings. The van der Waals surface area contributed by atoms with Crippen molar-refractivity contribution in [2.75, 3.05) is 13.1 Å². The Hall–Kier alpha value is -1.49. The highest BCUT2D eigenvalue weighted by atomic mass is 19.1. The minimum absolute atomic E-state index is 0.220. The number of β-amino-alcohol motifs (C(OH)–C–C–N with tert-alkyl or cyclic N) is 1. The van der Waals surface area contributed by atoms with Gasteiger partial charge in [-0.3, -0.25) is 4.79 Å². The van der Waals surface area contributed by atoms with Gasteiger partial charge in [0.15, 0.2) is 0 Å². The van der Waals surface area contributed by atoms with Gasteiger partial charge in [0.05, 0.1) is 11.7 Å². The molecule has 0 atom stereocenters. The lowest BCUT2D eigenvalue weighted by Crippen LogP contribution is -2.53. The van der Waals surface area contributed by atoms with Gasteiger partial charge < -0.3 is 10.0 Å². The van der Waals surface area contributed by atoms with Gasteiger partial charge >= 0.3 is 0 Å². The third kappa shape index (κ3) is 1.58. The predicted octanol–water partition coefficient (Wildman–Crippen LogP) is 0.0374. The minimum atomic E-state index is -0.606. The van der Waals surface area contributed by atoms with Gasteiger partial charge in [0, 0.05) is 19.3 Å². The molecule has 14 heavy (non-hydrogen) atoms. The predicted molar refractivity (Wildman–Crippen MR) is 46.1 cm³/mol. The first kappa shape index (κ1) is 9.08. The number of aromatic nitrogens is 1. The van der Waals surface area contributed by atoms with E-state index in [0.29, 0.717) is 18.7 Å². The molecule has 1 aliphatic heterocycles. The zero-order valence-corrected chi connectivity index (χ0v) is 7.35. The molecule has 4 nitrogen and oxygen atoms in total. The third-order valence-electron chi connectivity index (χ3n) is 2.12. The van der Waals surface area contributed by atoms with Gasteiger partial charge in [0.1, 0.15) is 0 Å². The van der Waals surface area contributed by atoms with Crippen LogP contribution in [-0.4, -0.2) is 40.1 Å². The van der Waals surface area contributed by atoms with Gasteiger partial charge in [-0.15, -0.1) is 0 Å². The Morgan fingerprint density at radius 2 is 2.29 bits per heavy atom. The van der Waals surface area contributed by atoms with Gasteiger partial charge in [-0.1, -0.05) is 0 Å². The maximum absolute atomic E-state index is 12.4. The maximum Gasteiger partial charge on any atom is 0.255 e. The fourth-order valence-corrected chi connectivity index (χ4v) is 1.31. The molecule has 0 aromatic carbocycles. The number of aliphatic hydroxyl groups is 1. The summed E-state index contributed by atoms with van der Waals surface area (Å²) in [5.41, 5.74) is 0.346. The van der Waals surface area contributed by atoms with E-state index in [1.54, 1.807) is 0 Å². The molecule has 1 N–H and O–H groups in total. The average Bonchev–Trinajstić information content (AvgIpc) is 2.13. The van der Waals surface area contributed by atoms with Crippen molar-refractivity contribution in [1.29, 1.82) is 0 Å². The van der Waals surface area contributed by atoms with Crippen LogP contribution in [0, 0.1) is 5.95 Å². The van der Waals surface area contributed by atoms with Crippen LogP contribution in [-0.2, 0) is 0 Å². The highest BCUT2D eigenvalue weighted by Gasteiger charge is 2.29. The van der Waals surface area contributed by atoms with E-state index >= 15 is 0 Å². The van der Waals surface area contributed by atoms with E-state index in [0.717, 1.165) is 6.07 Å². The number of pyridine rings is 1. The molecule has 0 unspecified atom stereocenters. The molecule has 74 valence electrons. The molecule has 0 radical (unpaired) electrons. The largest absolute Gasteiger partial charge is 0.389 e. The zero-order valence-electron chi connectivity index (χ0n) is 7.35. The van der Waals surface area contributed by atoms with Gasteiger partial charge in [0.25, 0.3) is 5.91 Å². The summed E-state index contributed by atoms with van der Waals surface area (Å²) in [6, 6.07) is 2.53. The Labute approximate surface area is 80.0 Å². The minimum Gasteiger partial charge on any atom is -0.389 e. The topological polar surface area (TPSA) is 53.4 Å². The second-order valence-corrected chi connectivity index (χ2v) is 3.23. The molecule has 1 aromatic heterocycles. The Kier molecular flexibility index (Phi) is 2.17. The molecule has 0 saturated carbocycles. The van der Waals surface area contributed by atoms with Crippen LogP contribution >= 0.6 is 0 Å². The third-order valence-corrected chi connectivity index (χ3v) is 2.12. The molecule has 0 aliphatic carbocycles. The highest BCUT2D eigenvalue weighted by Crippen LogP contribution is 2.12. The first-order valence-corrected chi connectivity index (χ1v) is 4.26. The number of aliphatic hydroxyl groups excluding tert-OH is 1. The van der Waals surface area contributed by atoms with Crippen molar-refractivity contribution in [3.63, 3.8) is 0 Å². The van der Waals surface area contributed by atoms with Crippen LogP contribution in [0.5, 0.6) is 0 Å². The van der Waals surface area contributed by atoms with Crippen molar-refractivity contribution in [2.45, 2.75) is 6.10 Å². The number of likely N-dealkylation sites (tertiary alicyclic amines) is 1. The maximum atomic E-state index is 12.4. The number of hydrogen-bond acceptors (Lipinski definition) is 3. The zero-order chi connectivity index (χ0) is 10.1. The van der Waals surface area contributed by atoms with Crippen molar-refractivity contribution in [3.05, 3.63) is 29.8 Å². The smallest absolute Gasteiger partial charge is 0.255 e. The van der Waals surface area contributed by atoms with Gasteiger partial charge in [0.2, 0.25) is 5.95 Å². The van der Waals surface area contributed by atoms with Crippen molar-refractivity contribution in [3.8, 4) is 0 Å². The first-order chi connectivity index (χ1) is 6.66. The molecule has 5 heteroatoms. The average molecular weight is 196 g/mol. The van der Waals surface area contributed by atoms with Crippen molar-refractivity contribution < 1.29 is 14.3 Å². The lowest BCUT2D eigenvalue weighted by atomic mass is 10.1. The molecule has 2 heterocycles. The fourth-order valence-electron chi connectivity index (χ4n) is 1.31. The van der Waals surface area contributed by atoms with Gasteiger partial charge in [-0.2, -0.15) is 4.39 Å². The Morgan fingerprint density at radius 3 is 2.79 bits per heavy atom. The van der Waals surface area contributed by atoms with Crippen LogP contribution in [0.2, 0.25) is 0 Å². The van der Waals surface area contributed by atoms with E-state index in [4.69, 9.17) is 5.11 Å². The molecular formula is C9H9FN2O2. The van der Waals surface area contributed by atoms with Crippen LogP contribution in [0.25, 0.3) is 0 Å². The van der Waals surface area contributed by atoms with E-state index in [2.05, 4.69) is 4.98 Å². The van der Waals surface area contributed by atoms with E-state index in [-0.39, 0.29) is 5.91 Å². The summed E-state index contributed by atoms with van der Waals surface area (Å²) < 4.78 is 12.4. The molecule has 2 rings (SSSR count). The summed E-state index contributed by atoms with van der Waals surface area (Å²) in [6.07, 6.45) is 0.773. The number of amides is 1. The summed E-state index contributed by atoms with van der Waals surface area (Å²) in [5, 5.41) is 8.99. The standard InChI is InChI=1S/C9H9FN2O2/c10-8-2-1-6(3-11-8)9(14)12-4-7(13)5-12/h1-3,7,13H,4-5H2. The second kappa shape index (κ2) is 3.34. The SMILES string of the molecule is O=C(c1ccc(F)nc1)N1CC(O)C1. The molecule has 1 amide bonds. The lowest BCUT2D eigenvalue weighted by molar-refractivity contribution is 0.00586. The number of hydrogen-bond donors (Lipinski definition) is 1. The number of rotatable bonds is 1. The lowest BCUT2D eigenvalue weighted by Gasteiger charge is -2.35. The summed E-state index contributed by atoms with van der Waals surface area (Å²) >= 11 is 0. The quantitative estimate of drug-likeness (QED) is 0.645. The van der Waals surface area contributed by atoms with E-state index in [1.807, 2.05) is 0 Å². The monoisotopic (exact) mass is 196 g/mol. The van der Waals surface area contributed by atoms with Crippen LogP contribution in [0.1, 0.15) is 10.4 Å². The molecule has 1 aliphatic rings. The van der Waals surface area contributed by atoms with Crippen LogP contribution in [0.3, 0.4) is 0 Å². The van der Waals surface area contributed by atoms with E-state index in [1.165, 1.54) is 17.2 Å².